The van der Waals surface area contributed by atoms with Crippen LogP contribution in [0.15, 0.2) is 0 Å². The Morgan fingerprint density at radius 3 is 2.70 bits per heavy atom. The summed E-state index contributed by atoms with van der Waals surface area (Å²) in [5, 5.41) is 6.79. The first-order valence-corrected chi connectivity index (χ1v) is 4.27. The lowest BCUT2D eigenvalue weighted by Gasteiger charge is -2.28. The van der Waals surface area contributed by atoms with Gasteiger partial charge < -0.3 is 10.6 Å². The molecule has 1 rings (SSSR count). The molecular weight excluding hydrogens is 124 g/mol. The predicted molar refractivity (Wildman–Crippen MR) is 44.2 cm³/mol. The fraction of sp³-hybridized carbons (Fsp3) is 1.00. The molecule has 1 aliphatic heterocycles. The molecule has 2 atom stereocenters. The smallest absolute Gasteiger partial charge is 0.0190 e. The van der Waals surface area contributed by atoms with E-state index in [4.69, 9.17) is 0 Å². The van der Waals surface area contributed by atoms with Crippen molar-refractivity contribution < 1.29 is 0 Å². The Morgan fingerprint density at radius 2 is 2.30 bits per heavy atom. The number of hydrogen-bond donors (Lipinski definition) is 2. The lowest BCUT2D eigenvalue weighted by atomic mass is 9.99. The molecule has 0 spiro atoms. The van der Waals surface area contributed by atoms with Crippen LogP contribution in [-0.4, -0.2) is 25.7 Å². The maximum absolute atomic E-state index is 3.51. The summed E-state index contributed by atoms with van der Waals surface area (Å²) in [6.07, 6.45) is 3.94. The molecule has 0 aromatic heterocycles. The molecule has 0 radical (unpaired) electrons. The van der Waals surface area contributed by atoms with Crippen LogP contribution in [0.2, 0.25) is 0 Å². The molecule has 2 N–H and O–H groups in total. The lowest BCUT2D eigenvalue weighted by molar-refractivity contribution is 0.332. The molecule has 1 fully saturated rings. The molecule has 0 aromatic rings. The Labute approximate surface area is 63.4 Å². The number of rotatable bonds is 2. The van der Waals surface area contributed by atoms with Gasteiger partial charge in [-0.15, -0.1) is 0 Å². The zero-order valence-electron chi connectivity index (χ0n) is 6.98. The van der Waals surface area contributed by atoms with E-state index in [0.717, 1.165) is 12.6 Å². The van der Waals surface area contributed by atoms with Gasteiger partial charge in [-0.2, -0.15) is 0 Å². The van der Waals surface area contributed by atoms with Gasteiger partial charge in [0.15, 0.2) is 0 Å². The van der Waals surface area contributed by atoms with Gasteiger partial charge in [0.1, 0.15) is 0 Å². The zero-order chi connectivity index (χ0) is 7.40. The van der Waals surface area contributed by atoms with E-state index in [1.165, 1.54) is 19.3 Å². The van der Waals surface area contributed by atoms with Gasteiger partial charge in [-0.05, 0) is 26.3 Å². The number of hydrogen-bond acceptors (Lipinski definition) is 2. The van der Waals surface area contributed by atoms with E-state index < -0.39 is 0 Å². The van der Waals surface area contributed by atoms with Gasteiger partial charge in [-0.25, -0.2) is 0 Å². The van der Waals surface area contributed by atoms with Gasteiger partial charge in [0.2, 0.25) is 0 Å². The van der Waals surface area contributed by atoms with Crippen LogP contribution in [-0.2, 0) is 0 Å². The fourth-order valence-corrected chi connectivity index (χ4v) is 1.51. The van der Waals surface area contributed by atoms with Crippen LogP contribution in [0.4, 0.5) is 0 Å². The van der Waals surface area contributed by atoms with Gasteiger partial charge in [-0.1, -0.05) is 6.92 Å². The summed E-state index contributed by atoms with van der Waals surface area (Å²) in [5.41, 5.74) is 0. The third-order valence-corrected chi connectivity index (χ3v) is 2.42. The molecule has 1 heterocycles. The Balaban J connectivity index is 2.17. The first-order valence-electron chi connectivity index (χ1n) is 4.27. The Hall–Kier alpha value is -0.0800. The molecule has 0 aromatic carbocycles. The Bertz CT molecular complexity index is 73.3. The highest BCUT2D eigenvalue weighted by Gasteiger charge is 2.16. The van der Waals surface area contributed by atoms with E-state index in [2.05, 4.69) is 17.6 Å². The SMILES string of the molecule is CCC1CCC(NC)CN1. The molecular formula is C8H18N2. The standard InChI is InChI=1S/C8H18N2/c1-3-7-4-5-8(9-2)6-10-7/h7-10H,3-6H2,1-2H3. The summed E-state index contributed by atoms with van der Waals surface area (Å²) < 4.78 is 0. The molecule has 1 aliphatic rings. The molecule has 10 heavy (non-hydrogen) atoms. The molecule has 60 valence electrons. The van der Waals surface area contributed by atoms with Crippen LogP contribution < -0.4 is 10.6 Å². The monoisotopic (exact) mass is 142 g/mol. The first kappa shape index (κ1) is 8.02. The fourth-order valence-electron chi connectivity index (χ4n) is 1.51. The van der Waals surface area contributed by atoms with Gasteiger partial charge in [0.25, 0.3) is 0 Å². The van der Waals surface area contributed by atoms with Gasteiger partial charge in [0.05, 0.1) is 0 Å². The van der Waals surface area contributed by atoms with Gasteiger partial charge in [0, 0.05) is 18.6 Å². The molecule has 2 unspecified atom stereocenters. The highest BCUT2D eigenvalue weighted by molar-refractivity contribution is 4.79. The Kier molecular flexibility index (Phi) is 3.16. The summed E-state index contributed by atoms with van der Waals surface area (Å²) in [7, 11) is 2.04. The number of likely N-dealkylation sites (N-methyl/N-ethyl adjacent to an activating group) is 1. The van der Waals surface area contributed by atoms with Crippen LogP contribution in [0.1, 0.15) is 26.2 Å². The summed E-state index contributed by atoms with van der Waals surface area (Å²) in [6.45, 7) is 3.40. The van der Waals surface area contributed by atoms with E-state index in [1.807, 2.05) is 7.05 Å². The predicted octanol–water partition coefficient (Wildman–Crippen LogP) is 0.736. The van der Waals surface area contributed by atoms with Crippen molar-refractivity contribution in [3.63, 3.8) is 0 Å². The molecule has 1 saturated heterocycles. The average Bonchev–Trinajstić information content (AvgIpc) is 2.05. The second-order valence-corrected chi connectivity index (χ2v) is 3.08. The number of nitrogens with one attached hydrogen (secondary N) is 2. The van der Waals surface area contributed by atoms with Crippen molar-refractivity contribution in [2.24, 2.45) is 0 Å². The van der Waals surface area contributed by atoms with Crippen molar-refractivity contribution in [2.75, 3.05) is 13.6 Å². The molecule has 2 nitrogen and oxygen atoms in total. The summed E-state index contributed by atoms with van der Waals surface area (Å²) in [5.74, 6) is 0. The van der Waals surface area contributed by atoms with Crippen LogP contribution in [0.5, 0.6) is 0 Å². The molecule has 0 saturated carbocycles. The average molecular weight is 142 g/mol. The lowest BCUT2D eigenvalue weighted by Crippen LogP contribution is -2.46. The minimum absolute atomic E-state index is 0.711. The van der Waals surface area contributed by atoms with E-state index >= 15 is 0 Å². The van der Waals surface area contributed by atoms with Crippen molar-refractivity contribution in [1.29, 1.82) is 0 Å². The molecule has 2 heteroatoms. The second-order valence-electron chi connectivity index (χ2n) is 3.08. The van der Waals surface area contributed by atoms with E-state index in [9.17, 15) is 0 Å². The van der Waals surface area contributed by atoms with E-state index in [-0.39, 0.29) is 0 Å². The van der Waals surface area contributed by atoms with E-state index in [0.29, 0.717) is 6.04 Å². The quantitative estimate of drug-likeness (QED) is 0.594. The number of piperidine rings is 1. The van der Waals surface area contributed by atoms with Crippen molar-refractivity contribution in [3.8, 4) is 0 Å². The maximum Gasteiger partial charge on any atom is 0.0190 e. The molecule has 0 amide bonds. The van der Waals surface area contributed by atoms with Crippen LogP contribution >= 0.6 is 0 Å². The zero-order valence-corrected chi connectivity index (χ0v) is 6.98. The van der Waals surface area contributed by atoms with Crippen molar-refractivity contribution in [3.05, 3.63) is 0 Å². The van der Waals surface area contributed by atoms with Crippen LogP contribution in [0.3, 0.4) is 0 Å². The minimum Gasteiger partial charge on any atom is -0.316 e. The van der Waals surface area contributed by atoms with Gasteiger partial charge >= 0.3 is 0 Å². The van der Waals surface area contributed by atoms with E-state index in [1.54, 1.807) is 0 Å². The van der Waals surface area contributed by atoms with Crippen molar-refractivity contribution in [2.45, 2.75) is 38.3 Å². The molecule has 0 aliphatic carbocycles. The topological polar surface area (TPSA) is 24.1 Å². The van der Waals surface area contributed by atoms with Crippen LogP contribution in [0, 0.1) is 0 Å². The van der Waals surface area contributed by atoms with Gasteiger partial charge in [-0.3, -0.25) is 0 Å². The third-order valence-electron chi connectivity index (χ3n) is 2.42. The minimum atomic E-state index is 0.711. The third kappa shape index (κ3) is 1.96. The normalized spacial score (nSPS) is 34.2. The largest absolute Gasteiger partial charge is 0.316 e. The summed E-state index contributed by atoms with van der Waals surface area (Å²) in [4.78, 5) is 0. The first-order chi connectivity index (χ1) is 4.86. The second kappa shape index (κ2) is 3.94. The summed E-state index contributed by atoms with van der Waals surface area (Å²) in [6, 6.07) is 1.49. The van der Waals surface area contributed by atoms with Crippen molar-refractivity contribution in [1.82, 2.24) is 10.6 Å². The highest BCUT2D eigenvalue weighted by Crippen LogP contribution is 2.09. The maximum atomic E-state index is 3.51. The summed E-state index contributed by atoms with van der Waals surface area (Å²) >= 11 is 0. The Morgan fingerprint density at radius 1 is 1.50 bits per heavy atom. The highest BCUT2D eigenvalue weighted by atomic mass is 15.0. The van der Waals surface area contributed by atoms with Crippen molar-refractivity contribution >= 4 is 0 Å². The van der Waals surface area contributed by atoms with Crippen LogP contribution in [0.25, 0.3) is 0 Å². The molecule has 0 bridgehead atoms.